The third-order valence-corrected chi connectivity index (χ3v) is 4.46. The molecule has 1 heterocycles. The highest BCUT2D eigenvalue weighted by Crippen LogP contribution is 2.18. The van der Waals surface area contributed by atoms with Crippen LogP contribution >= 0.6 is 0 Å². The van der Waals surface area contributed by atoms with E-state index in [0.717, 1.165) is 6.26 Å². The van der Waals surface area contributed by atoms with Gasteiger partial charge in [-0.25, -0.2) is 12.7 Å². The third kappa shape index (κ3) is 6.08. The molecule has 1 saturated heterocycles. The monoisotopic (exact) mass is 321 g/mol. The van der Waals surface area contributed by atoms with Gasteiger partial charge in [0.15, 0.2) is 0 Å². The van der Waals surface area contributed by atoms with Crippen LogP contribution in [0.5, 0.6) is 0 Å². The number of hydrogen-bond donors (Lipinski definition) is 3. The Kier molecular flexibility index (Phi) is 6.09. The Hall–Kier alpha value is -1.68. The van der Waals surface area contributed by atoms with Gasteiger partial charge in [-0.15, -0.1) is 0 Å². The molecule has 9 nitrogen and oxygen atoms in total. The SMILES string of the molecule is CS(=O)(=O)N1CCC(C(=O)NCC(=O)NCC(=O)O)CC1. The Bertz CT molecular complexity index is 510. The molecule has 0 radical (unpaired) electrons. The Balaban J connectivity index is 2.31. The van der Waals surface area contributed by atoms with Gasteiger partial charge in [-0.2, -0.15) is 0 Å². The largest absolute Gasteiger partial charge is 0.480 e. The average Bonchev–Trinajstić information content (AvgIpc) is 2.41. The van der Waals surface area contributed by atoms with Crippen molar-refractivity contribution in [2.75, 3.05) is 32.4 Å². The second-order valence-electron chi connectivity index (χ2n) is 4.82. The van der Waals surface area contributed by atoms with Crippen LogP contribution in [0.25, 0.3) is 0 Å². The van der Waals surface area contributed by atoms with Crippen LogP contribution in [0.2, 0.25) is 0 Å². The van der Waals surface area contributed by atoms with Crippen LogP contribution in [-0.2, 0) is 24.4 Å². The highest BCUT2D eigenvalue weighted by atomic mass is 32.2. The molecule has 3 N–H and O–H groups in total. The first-order valence-corrected chi connectivity index (χ1v) is 8.26. The van der Waals surface area contributed by atoms with Crippen LogP contribution in [0.4, 0.5) is 0 Å². The van der Waals surface area contributed by atoms with Crippen LogP contribution in [0, 0.1) is 5.92 Å². The van der Waals surface area contributed by atoms with Gasteiger partial charge < -0.3 is 15.7 Å². The van der Waals surface area contributed by atoms with Crippen molar-refractivity contribution in [2.45, 2.75) is 12.8 Å². The summed E-state index contributed by atoms with van der Waals surface area (Å²) < 4.78 is 24.0. The fraction of sp³-hybridized carbons (Fsp3) is 0.727. The summed E-state index contributed by atoms with van der Waals surface area (Å²) in [5, 5.41) is 12.9. The number of carboxylic acids is 1. The maximum Gasteiger partial charge on any atom is 0.322 e. The van der Waals surface area contributed by atoms with E-state index in [4.69, 9.17) is 5.11 Å². The third-order valence-electron chi connectivity index (χ3n) is 3.15. The van der Waals surface area contributed by atoms with Crippen LogP contribution in [0.3, 0.4) is 0 Å². The van der Waals surface area contributed by atoms with E-state index in [0.29, 0.717) is 12.8 Å². The number of carboxylic acid groups (broad SMARTS) is 1. The molecular formula is C11H19N3O6S. The van der Waals surface area contributed by atoms with E-state index >= 15 is 0 Å². The highest BCUT2D eigenvalue weighted by molar-refractivity contribution is 7.88. The van der Waals surface area contributed by atoms with E-state index < -0.39 is 28.4 Å². The maximum atomic E-state index is 11.8. The average molecular weight is 321 g/mol. The number of sulfonamides is 1. The molecule has 0 unspecified atom stereocenters. The number of hydrogen-bond acceptors (Lipinski definition) is 5. The molecular weight excluding hydrogens is 302 g/mol. The number of nitrogens with zero attached hydrogens (tertiary/aromatic N) is 1. The zero-order valence-electron chi connectivity index (χ0n) is 11.7. The Labute approximate surface area is 122 Å². The topological polar surface area (TPSA) is 133 Å². The van der Waals surface area contributed by atoms with Gasteiger partial charge in [-0.1, -0.05) is 0 Å². The number of nitrogens with one attached hydrogen (secondary N) is 2. The van der Waals surface area contributed by atoms with E-state index in [1.807, 2.05) is 0 Å². The summed E-state index contributed by atoms with van der Waals surface area (Å²) in [6, 6.07) is 0. The Morgan fingerprint density at radius 3 is 2.19 bits per heavy atom. The molecule has 2 amide bonds. The number of rotatable bonds is 6. The molecule has 0 bridgehead atoms. The summed E-state index contributed by atoms with van der Waals surface area (Å²) in [4.78, 5) is 33.3. The molecule has 0 aromatic heterocycles. The molecule has 1 aliphatic heterocycles. The quantitative estimate of drug-likeness (QED) is 0.517. The molecule has 0 aromatic carbocycles. The summed E-state index contributed by atoms with van der Waals surface area (Å²) in [5.74, 6) is -2.41. The van der Waals surface area contributed by atoms with Gasteiger partial charge in [0.1, 0.15) is 6.54 Å². The number of carbonyl (C=O) groups is 3. The lowest BCUT2D eigenvalue weighted by Crippen LogP contribution is -2.45. The maximum absolute atomic E-state index is 11.8. The van der Waals surface area contributed by atoms with Crippen molar-refractivity contribution in [1.29, 1.82) is 0 Å². The summed E-state index contributed by atoms with van der Waals surface area (Å²) in [7, 11) is -3.23. The minimum Gasteiger partial charge on any atom is -0.480 e. The van der Waals surface area contributed by atoms with Gasteiger partial charge in [-0.3, -0.25) is 14.4 Å². The molecule has 0 aromatic rings. The molecule has 10 heteroatoms. The van der Waals surface area contributed by atoms with E-state index in [1.165, 1.54) is 4.31 Å². The number of carbonyl (C=O) groups excluding carboxylic acids is 2. The smallest absolute Gasteiger partial charge is 0.322 e. The summed E-state index contributed by atoms with van der Waals surface area (Å²) in [5.41, 5.74) is 0. The Morgan fingerprint density at radius 1 is 1.14 bits per heavy atom. The summed E-state index contributed by atoms with van der Waals surface area (Å²) in [6.45, 7) is -0.232. The first kappa shape index (κ1) is 17.4. The number of amides is 2. The molecule has 1 fully saturated rings. The van der Waals surface area contributed by atoms with E-state index in [9.17, 15) is 22.8 Å². The fourth-order valence-electron chi connectivity index (χ4n) is 2.00. The van der Waals surface area contributed by atoms with Crippen molar-refractivity contribution in [1.82, 2.24) is 14.9 Å². The summed E-state index contributed by atoms with van der Waals surface area (Å²) in [6.07, 6.45) is 1.92. The molecule has 0 atom stereocenters. The summed E-state index contributed by atoms with van der Waals surface area (Å²) >= 11 is 0. The zero-order valence-corrected chi connectivity index (χ0v) is 12.5. The fourth-order valence-corrected chi connectivity index (χ4v) is 2.87. The standard InChI is InChI=1S/C11H19N3O6S/c1-21(19,20)14-4-2-8(3-5-14)11(18)13-6-9(15)12-7-10(16)17/h8H,2-7H2,1H3,(H,12,15)(H,13,18)(H,16,17). The first-order valence-electron chi connectivity index (χ1n) is 6.41. The van der Waals surface area contributed by atoms with Gasteiger partial charge in [-0.05, 0) is 12.8 Å². The highest BCUT2D eigenvalue weighted by Gasteiger charge is 2.28. The van der Waals surface area contributed by atoms with Crippen LogP contribution in [-0.4, -0.2) is 68.0 Å². The van der Waals surface area contributed by atoms with Gasteiger partial charge in [0.25, 0.3) is 0 Å². The van der Waals surface area contributed by atoms with Crippen molar-refractivity contribution < 1.29 is 27.9 Å². The van der Waals surface area contributed by atoms with Crippen LogP contribution in [0.1, 0.15) is 12.8 Å². The van der Waals surface area contributed by atoms with Crippen molar-refractivity contribution in [3.05, 3.63) is 0 Å². The molecule has 1 aliphatic rings. The molecule has 1 rings (SSSR count). The lowest BCUT2D eigenvalue weighted by Gasteiger charge is -2.29. The van der Waals surface area contributed by atoms with Crippen molar-refractivity contribution in [3.63, 3.8) is 0 Å². The Morgan fingerprint density at radius 2 is 1.71 bits per heavy atom. The second kappa shape index (κ2) is 7.36. The minimum atomic E-state index is -3.23. The normalized spacial score (nSPS) is 17.2. The first-order chi connectivity index (χ1) is 9.70. The van der Waals surface area contributed by atoms with Crippen molar-refractivity contribution in [2.24, 2.45) is 5.92 Å². The molecule has 21 heavy (non-hydrogen) atoms. The lowest BCUT2D eigenvalue weighted by atomic mass is 9.97. The van der Waals surface area contributed by atoms with Crippen molar-refractivity contribution in [3.8, 4) is 0 Å². The lowest BCUT2D eigenvalue weighted by molar-refractivity contribution is -0.137. The predicted octanol–water partition coefficient (Wildman–Crippen LogP) is -2.02. The van der Waals surface area contributed by atoms with E-state index in [1.54, 1.807) is 0 Å². The minimum absolute atomic E-state index is 0.280. The molecule has 0 spiro atoms. The van der Waals surface area contributed by atoms with Crippen molar-refractivity contribution >= 4 is 27.8 Å². The van der Waals surface area contributed by atoms with E-state index in [2.05, 4.69) is 10.6 Å². The van der Waals surface area contributed by atoms with Gasteiger partial charge in [0, 0.05) is 19.0 Å². The number of piperidine rings is 1. The van der Waals surface area contributed by atoms with Gasteiger partial charge >= 0.3 is 5.97 Å². The van der Waals surface area contributed by atoms with Gasteiger partial charge in [0.05, 0.1) is 12.8 Å². The van der Waals surface area contributed by atoms with Crippen LogP contribution in [0.15, 0.2) is 0 Å². The zero-order chi connectivity index (χ0) is 16.0. The van der Waals surface area contributed by atoms with E-state index in [-0.39, 0.29) is 31.5 Å². The number of aliphatic carboxylic acids is 1. The van der Waals surface area contributed by atoms with Crippen LogP contribution < -0.4 is 10.6 Å². The second-order valence-corrected chi connectivity index (χ2v) is 6.81. The molecule has 120 valence electrons. The molecule has 0 aliphatic carbocycles. The molecule has 0 saturated carbocycles. The predicted molar refractivity (Wildman–Crippen MR) is 72.8 cm³/mol. The van der Waals surface area contributed by atoms with Gasteiger partial charge in [0.2, 0.25) is 21.8 Å².